The molecule has 0 unspecified atom stereocenters. The third kappa shape index (κ3) is 3.55. The van der Waals surface area contributed by atoms with Crippen LogP contribution in [0.2, 0.25) is 0 Å². The van der Waals surface area contributed by atoms with Crippen LogP contribution in [0.4, 0.5) is 4.79 Å². The number of nitrogens with zero attached hydrogens (tertiary/aromatic N) is 1. The van der Waals surface area contributed by atoms with Crippen molar-refractivity contribution in [2.75, 3.05) is 12.4 Å². The highest BCUT2D eigenvalue weighted by molar-refractivity contribution is 8.00. The van der Waals surface area contributed by atoms with Gasteiger partial charge in [-0.1, -0.05) is 30.3 Å². The van der Waals surface area contributed by atoms with Gasteiger partial charge < -0.3 is 14.8 Å². The van der Waals surface area contributed by atoms with E-state index in [4.69, 9.17) is 9.47 Å². The Morgan fingerprint density at radius 2 is 2.00 bits per heavy atom. The Labute approximate surface area is 155 Å². The second-order valence-corrected chi connectivity index (χ2v) is 7.05. The van der Waals surface area contributed by atoms with Crippen molar-refractivity contribution in [2.45, 2.75) is 31.9 Å². The minimum atomic E-state index is -0.708. The van der Waals surface area contributed by atoms with Gasteiger partial charge in [-0.2, -0.15) is 0 Å². The predicted molar refractivity (Wildman–Crippen MR) is 96.0 cm³/mol. The molecule has 1 fully saturated rings. The quantitative estimate of drug-likeness (QED) is 0.625. The maximum Gasteiger partial charge on any atom is 0.408 e. The van der Waals surface area contributed by atoms with E-state index < -0.39 is 18.1 Å². The smallest absolute Gasteiger partial charge is 0.408 e. The van der Waals surface area contributed by atoms with E-state index in [1.165, 1.54) is 16.7 Å². The van der Waals surface area contributed by atoms with Crippen molar-refractivity contribution < 1.29 is 23.9 Å². The van der Waals surface area contributed by atoms with Crippen LogP contribution in [0.15, 0.2) is 41.6 Å². The third-order valence-corrected chi connectivity index (χ3v) is 5.54. The zero-order chi connectivity index (χ0) is 18.7. The first-order valence-corrected chi connectivity index (χ1v) is 9.36. The number of fused-ring (bicyclic) bond motifs is 1. The highest BCUT2D eigenvalue weighted by Gasteiger charge is 2.54. The normalized spacial score (nSPS) is 21.6. The number of nitrogens with one attached hydrogen (secondary N) is 1. The van der Waals surface area contributed by atoms with Crippen LogP contribution in [0.25, 0.3) is 0 Å². The number of benzene rings is 1. The van der Waals surface area contributed by atoms with Crippen LogP contribution in [-0.4, -0.2) is 46.6 Å². The summed E-state index contributed by atoms with van der Waals surface area (Å²) in [6, 6.07) is 8.57. The summed E-state index contributed by atoms with van der Waals surface area (Å²) in [6.45, 7) is 3.89. The molecule has 1 N–H and O–H groups in total. The minimum absolute atomic E-state index is 0.127. The lowest BCUT2D eigenvalue weighted by Gasteiger charge is -2.49. The molecule has 0 spiro atoms. The van der Waals surface area contributed by atoms with Gasteiger partial charge in [-0.3, -0.25) is 9.69 Å². The van der Waals surface area contributed by atoms with Crippen LogP contribution < -0.4 is 5.32 Å². The number of rotatable bonds is 5. The van der Waals surface area contributed by atoms with Crippen LogP contribution >= 0.6 is 11.8 Å². The molecule has 3 rings (SSSR count). The van der Waals surface area contributed by atoms with Gasteiger partial charge in [0.05, 0.1) is 6.61 Å². The average molecular weight is 376 g/mol. The van der Waals surface area contributed by atoms with Gasteiger partial charge in [0.15, 0.2) is 0 Å². The molecule has 0 radical (unpaired) electrons. The number of β-lactam (4-membered cyclic amide) rings is 1. The van der Waals surface area contributed by atoms with Gasteiger partial charge in [-0.15, -0.1) is 11.8 Å². The van der Waals surface area contributed by atoms with Crippen molar-refractivity contribution in [3.05, 3.63) is 47.2 Å². The number of carbonyl (C=O) groups excluding carboxylic acids is 3. The molecule has 2 amide bonds. The highest BCUT2D eigenvalue weighted by atomic mass is 32.2. The fraction of sp³-hybridized carbons (Fsp3) is 0.389. The number of thioether (sulfide) groups is 1. The maximum atomic E-state index is 12.5. The van der Waals surface area contributed by atoms with Crippen molar-refractivity contribution in [3.8, 4) is 0 Å². The van der Waals surface area contributed by atoms with Gasteiger partial charge in [0.1, 0.15) is 23.7 Å². The summed E-state index contributed by atoms with van der Waals surface area (Å²) in [6.07, 6.45) is -0.656. The summed E-state index contributed by atoms with van der Waals surface area (Å²) in [5, 5.41) is 2.27. The van der Waals surface area contributed by atoms with Crippen LogP contribution in [0.1, 0.15) is 19.4 Å². The molecule has 0 aromatic heterocycles. The summed E-state index contributed by atoms with van der Waals surface area (Å²) < 4.78 is 10.2. The molecule has 0 aliphatic carbocycles. The number of ether oxygens (including phenoxy) is 2. The van der Waals surface area contributed by atoms with Crippen molar-refractivity contribution in [1.82, 2.24) is 10.2 Å². The van der Waals surface area contributed by atoms with E-state index in [2.05, 4.69) is 5.32 Å². The van der Waals surface area contributed by atoms with E-state index >= 15 is 0 Å². The lowest BCUT2D eigenvalue weighted by atomic mass is 10.0. The van der Waals surface area contributed by atoms with Crippen LogP contribution in [0.5, 0.6) is 0 Å². The molecule has 0 bridgehead atoms. The minimum Gasteiger partial charge on any atom is -0.461 e. The SMILES string of the molecule is CCOC(=O)C1=C(C)CS[C@@H]2[C@H](NC(=O)OCc3ccccc3)C(=O)N12. The van der Waals surface area contributed by atoms with Crippen molar-refractivity contribution in [1.29, 1.82) is 0 Å². The number of hydrogen-bond acceptors (Lipinski definition) is 6. The second kappa shape index (κ2) is 7.82. The summed E-state index contributed by atoms with van der Waals surface area (Å²) in [5.74, 6) is -0.241. The summed E-state index contributed by atoms with van der Waals surface area (Å²) in [7, 11) is 0. The number of esters is 1. The summed E-state index contributed by atoms with van der Waals surface area (Å²) in [4.78, 5) is 38.0. The van der Waals surface area contributed by atoms with Gasteiger partial charge in [-0.05, 0) is 25.0 Å². The molecular formula is C18H20N2O5S. The Balaban J connectivity index is 1.60. The molecule has 7 nitrogen and oxygen atoms in total. The molecule has 138 valence electrons. The Morgan fingerprint density at radius 1 is 1.27 bits per heavy atom. The third-order valence-electron chi connectivity index (χ3n) is 4.11. The van der Waals surface area contributed by atoms with E-state index in [1.807, 2.05) is 30.3 Å². The van der Waals surface area contributed by atoms with Gasteiger partial charge in [-0.25, -0.2) is 9.59 Å². The van der Waals surface area contributed by atoms with Crippen molar-refractivity contribution in [3.63, 3.8) is 0 Å². The molecule has 1 saturated heterocycles. The Bertz CT molecular complexity index is 749. The van der Waals surface area contributed by atoms with E-state index in [1.54, 1.807) is 13.8 Å². The molecule has 2 heterocycles. The first-order valence-electron chi connectivity index (χ1n) is 8.31. The lowest BCUT2D eigenvalue weighted by Crippen LogP contribution is -2.70. The molecule has 2 aliphatic rings. The molecule has 0 saturated carbocycles. The average Bonchev–Trinajstić information content (AvgIpc) is 2.65. The summed E-state index contributed by atoms with van der Waals surface area (Å²) >= 11 is 1.50. The van der Waals surface area contributed by atoms with E-state index in [0.29, 0.717) is 5.75 Å². The van der Waals surface area contributed by atoms with E-state index in [-0.39, 0.29) is 30.2 Å². The largest absolute Gasteiger partial charge is 0.461 e. The number of hydrogen-bond donors (Lipinski definition) is 1. The molecule has 2 atom stereocenters. The zero-order valence-electron chi connectivity index (χ0n) is 14.6. The molecule has 1 aromatic carbocycles. The number of amides is 2. The second-order valence-electron chi connectivity index (χ2n) is 5.94. The van der Waals surface area contributed by atoms with Gasteiger partial charge in [0, 0.05) is 5.75 Å². The van der Waals surface area contributed by atoms with Crippen LogP contribution in [-0.2, 0) is 25.7 Å². The van der Waals surface area contributed by atoms with E-state index in [0.717, 1.165) is 11.1 Å². The number of carbonyl (C=O) groups is 3. The fourth-order valence-electron chi connectivity index (χ4n) is 2.85. The Morgan fingerprint density at radius 3 is 2.69 bits per heavy atom. The van der Waals surface area contributed by atoms with Gasteiger partial charge >= 0.3 is 12.1 Å². The fourth-order valence-corrected chi connectivity index (χ4v) is 4.15. The summed E-state index contributed by atoms with van der Waals surface area (Å²) in [5.41, 5.74) is 1.94. The van der Waals surface area contributed by atoms with Crippen LogP contribution in [0.3, 0.4) is 0 Å². The standard InChI is InChI=1S/C18H20N2O5S/c1-3-24-17(22)14-11(2)10-26-16-13(15(21)20(14)16)19-18(23)25-9-12-7-5-4-6-8-12/h4-8,13,16H,3,9-10H2,1-2H3,(H,19,23)/t13-,16-/m1/s1. The topological polar surface area (TPSA) is 84.9 Å². The molecule has 8 heteroatoms. The maximum absolute atomic E-state index is 12.5. The number of alkyl carbamates (subject to hydrolysis) is 1. The predicted octanol–water partition coefficient (Wildman–Crippen LogP) is 2.03. The molecule has 26 heavy (non-hydrogen) atoms. The van der Waals surface area contributed by atoms with Crippen LogP contribution in [0, 0.1) is 0 Å². The van der Waals surface area contributed by atoms with Gasteiger partial charge in [0.25, 0.3) is 5.91 Å². The monoisotopic (exact) mass is 376 g/mol. The zero-order valence-corrected chi connectivity index (χ0v) is 15.4. The lowest BCUT2D eigenvalue weighted by molar-refractivity contribution is -0.151. The molecule has 2 aliphatic heterocycles. The Hall–Kier alpha value is -2.48. The van der Waals surface area contributed by atoms with E-state index in [9.17, 15) is 14.4 Å². The molecular weight excluding hydrogens is 356 g/mol. The van der Waals surface area contributed by atoms with Crippen molar-refractivity contribution in [2.24, 2.45) is 0 Å². The Kier molecular flexibility index (Phi) is 5.51. The van der Waals surface area contributed by atoms with Crippen molar-refractivity contribution >= 4 is 29.7 Å². The highest BCUT2D eigenvalue weighted by Crippen LogP contribution is 2.40. The first kappa shape index (κ1) is 18.3. The molecule has 1 aromatic rings. The van der Waals surface area contributed by atoms with Gasteiger partial charge in [0.2, 0.25) is 0 Å². The first-order chi connectivity index (χ1) is 12.5.